The lowest BCUT2D eigenvalue weighted by molar-refractivity contribution is 0.729. The van der Waals surface area contributed by atoms with E-state index in [1.807, 2.05) is 12.4 Å². The molecule has 0 spiro atoms. The van der Waals surface area contributed by atoms with Crippen molar-refractivity contribution in [3.8, 4) is 5.69 Å². The second kappa shape index (κ2) is 6.73. The molecule has 22 heavy (non-hydrogen) atoms. The van der Waals surface area contributed by atoms with Crippen molar-refractivity contribution in [2.45, 2.75) is 44.9 Å². The number of benzene rings is 1. The molecule has 3 rings (SSSR count). The molecule has 0 fully saturated rings. The van der Waals surface area contributed by atoms with Crippen LogP contribution in [-0.2, 0) is 0 Å². The van der Waals surface area contributed by atoms with Crippen molar-refractivity contribution in [3.05, 3.63) is 60.7 Å². The van der Waals surface area contributed by atoms with E-state index in [0.717, 1.165) is 18.7 Å². The average molecular weight is 293 g/mol. The average Bonchev–Trinajstić information content (AvgIpc) is 2.98. The Hall–Kier alpha value is -2.16. The Balaban J connectivity index is 2.07. The lowest BCUT2D eigenvalue weighted by Gasteiger charge is -2.11. The zero-order valence-corrected chi connectivity index (χ0v) is 13.2. The van der Waals surface area contributed by atoms with E-state index in [4.69, 9.17) is 0 Å². The molecule has 2 heterocycles. The summed E-state index contributed by atoms with van der Waals surface area (Å²) in [7, 11) is 0. The van der Waals surface area contributed by atoms with Crippen molar-refractivity contribution >= 4 is 5.57 Å². The maximum absolute atomic E-state index is 4.37. The maximum Gasteiger partial charge on any atom is 0.144 e. The van der Waals surface area contributed by atoms with Crippen LogP contribution >= 0.6 is 0 Å². The van der Waals surface area contributed by atoms with Crippen molar-refractivity contribution < 1.29 is 0 Å². The molecule has 1 aromatic carbocycles. The van der Waals surface area contributed by atoms with Gasteiger partial charge in [-0.1, -0.05) is 50.1 Å². The van der Waals surface area contributed by atoms with Gasteiger partial charge in [0.05, 0.1) is 5.69 Å². The van der Waals surface area contributed by atoms with Gasteiger partial charge in [0, 0.05) is 11.5 Å². The van der Waals surface area contributed by atoms with Crippen molar-refractivity contribution in [3.63, 3.8) is 0 Å². The van der Waals surface area contributed by atoms with Crippen LogP contribution in [0, 0.1) is 0 Å². The maximum atomic E-state index is 4.37. The molecule has 0 bridgehead atoms. The molecule has 0 radical (unpaired) electrons. The quantitative estimate of drug-likeness (QED) is 0.560. The lowest BCUT2D eigenvalue weighted by Crippen LogP contribution is -2.04. The SMILES string of the molecule is C=CCC1C=C(CCCCC)c2ccccc2-n2cnnc21. The minimum atomic E-state index is 0.254. The number of allylic oxidation sites excluding steroid dienone is 3. The van der Waals surface area contributed by atoms with E-state index in [1.54, 1.807) is 0 Å². The molecular weight excluding hydrogens is 270 g/mol. The van der Waals surface area contributed by atoms with Crippen molar-refractivity contribution in [1.82, 2.24) is 14.8 Å². The van der Waals surface area contributed by atoms with Crippen molar-refractivity contribution in [1.29, 1.82) is 0 Å². The molecule has 1 atom stereocenters. The van der Waals surface area contributed by atoms with Crippen LogP contribution in [0.4, 0.5) is 0 Å². The van der Waals surface area contributed by atoms with Crippen LogP contribution in [0.25, 0.3) is 11.3 Å². The fourth-order valence-corrected chi connectivity index (χ4v) is 3.18. The Morgan fingerprint density at radius 3 is 2.95 bits per heavy atom. The van der Waals surface area contributed by atoms with Gasteiger partial charge in [-0.15, -0.1) is 16.8 Å². The van der Waals surface area contributed by atoms with E-state index in [-0.39, 0.29) is 5.92 Å². The summed E-state index contributed by atoms with van der Waals surface area (Å²) in [5.74, 6) is 1.27. The summed E-state index contributed by atoms with van der Waals surface area (Å²) < 4.78 is 2.13. The van der Waals surface area contributed by atoms with Gasteiger partial charge in [0.15, 0.2) is 0 Å². The predicted octanol–water partition coefficient (Wildman–Crippen LogP) is 4.90. The van der Waals surface area contributed by atoms with Gasteiger partial charge in [-0.05, 0) is 30.9 Å². The molecule has 1 unspecified atom stereocenters. The number of rotatable bonds is 6. The largest absolute Gasteiger partial charge is 0.284 e. The van der Waals surface area contributed by atoms with Gasteiger partial charge in [-0.3, -0.25) is 4.57 Å². The van der Waals surface area contributed by atoms with Gasteiger partial charge in [-0.2, -0.15) is 0 Å². The van der Waals surface area contributed by atoms with Crippen LogP contribution in [0.1, 0.15) is 56.3 Å². The van der Waals surface area contributed by atoms with E-state index in [0.29, 0.717) is 0 Å². The summed E-state index contributed by atoms with van der Waals surface area (Å²) in [6.07, 6.45) is 11.9. The van der Waals surface area contributed by atoms with Gasteiger partial charge in [0.25, 0.3) is 0 Å². The summed E-state index contributed by atoms with van der Waals surface area (Å²) in [4.78, 5) is 0. The fraction of sp³-hybridized carbons (Fsp3) is 0.368. The fourth-order valence-electron chi connectivity index (χ4n) is 3.18. The molecule has 0 amide bonds. The predicted molar refractivity (Wildman–Crippen MR) is 91.0 cm³/mol. The topological polar surface area (TPSA) is 30.7 Å². The van der Waals surface area contributed by atoms with Crippen molar-refractivity contribution in [2.24, 2.45) is 0 Å². The zero-order valence-electron chi connectivity index (χ0n) is 13.2. The van der Waals surface area contributed by atoms with E-state index < -0.39 is 0 Å². The molecule has 1 aliphatic heterocycles. The highest BCUT2D eigenvalue weighted by Gasteiger charge is 2.23. The number of fused-ring (bicyclic) bond motifs is 3. The number of hydrogen-bond donors (Lipinski definition) is 0. The van der Waals surface area contributed by atoms with Crippen LogP contribution in [0.3, 0.4) is 0 Å². The molecule has 2 aromatic rings. The third-order valence-corrected chi connectivity index (χ3v) is 4.29. The molecule has 3 heteroatoms. The van der Waals surface area contributed by atoms with E-state index in [2.05, 4.69) is 58.6 Å². The Morgan fingerprint density at radius 2 is 2.14 bits per heavy atom. The lowest BCUT2D eigenvalue weighted by atomic mass is 9.94. The Labute approximate surface area is 132 Å². The first-order chi connectivity index (χ1) is 10.8. The van der Waals surface area contributed by atoms with Crippen LogP contribution in [0.2, 0.25) is 0 Å². The molecule has 1 aliphatic rings. The third kappa shape index (κ3) is 2.76. The van der Waals surface area contributed by atoms with E-state index in [9.17, 15) is 0 Å². The second-order valence-electron chi connectivity index (χ2n) is 5.86. The minimum absolute atomic E-state index is 0.254. The molecule has 0 saturated carbocycles. The molecule has 3 nitrogen and oxygen atoms in total. The highest BCUT2D eigenvalue weighted by Crippen LogP contribution is 2.36. The number of para-hydroxylation sites is 1. The Morgan fingerprint density at radius 1 is 1.27 bits per heavy atom. The monoisotopic (exact) mass is 293 g/mol. The second-order valence-corrected chi connectivity index (χ2v) is 5.86. The smallest absolute Gasteiger partial charge is 0.144 e. The first-order valence-electron chi connectivity index (χ1n) is 8.16. The number of nitrogens with zero attached hydrogens (tertiary/aromatic N) is 3. The number of hydrogen-bond acceptors (Lipinski definition) is 2. The summed E-state index contributed by atoms with van der Waals surface area (Å²) in [5.41, 5.74) is 3.93. The van der Waals surface area contributed by atoms with Crippen LogP contribution in [-0.4, -0.2) is 14.8 Å². The van der Waals surface area contributed by atoms with Gasteiger partial charge in [-0.25, -0.2) is 0 Å². The van der Waals surface area contributed by atoms with Crippen LogP contribution < -0.4 is 0 Å². The van der Waals surface area contributed by atoms with Gasteiger partial charge in [0.2, 0.25) is 0 Å². The zero-order chi connectivity index (χ0) is 15.4. The van der Waals surface area contributed by atoms with Crippen molar-refractivity contribution in [2.75, 3.05) is 0 Å². The summed E-state index contributed by atoms with van der Waals surface area (Å²) in [6.45, 7) is 6.15. The number of unbranched alkanes of at least 4 members (excludes halogenated alkanes) is 2. The van der Waals surface area contributed by atoms with Crippen LogP contribution in [0.5, 0.6) is 0 Å². The molecule has 0 saturated heterocycles. The van der Waals surface area contributed by atoms with Gasteiger partial charge in [0.1, 0.15) is 12.2 Å². The van der Waals surface area contributed by atoms with Gasteiger partial charge >= 0.3 is 0 Å². The Kier molecular flexibility index (Phi) is 4.52. The van der Waals surface area contributed by atoms with E-state index >= 15 is 0 Å². The summed E-state index contributed by atoms with van der Waals surface area (Å²) in [5, 5.41) is 8.49. The molecular formula is C19H23N3. The first kappa shape index (κ1) is 14.8. The molecule has 0 N–H and O–H groups in total. The highest BCUT2D eigenvalue weighted by molar-refractivity contribution is 5.74. The summed E-state index contributed by atoms with van der Waals surface area (Å²) >= 11 is 0. The molecule has 1 aromatic heterocycles. The normalized spacial score (nSPS) is 16.4. The molecule has 114 valence electrons. The highest BCUT2D eigenvalue weighted by atomic mass is 15.3. The summed E-state index contributed by atoms with van der Waals surface area (Å²) in [6, 6.07) is 8.57. The third-order valence-electron chi connectivity index (χ3n) is 4.29. The van der Waals surface area contributed by atoms with Gasteiger partial charge < -0.3 is 0 Å². The van der Waals surface area contributed by atoms with Crippen LogP contribution in [0.15, 0.2) is 49.3 Å². The van der Waals surface area contributed by atoms with E-state index in [1.165, 1.54) is 36.1 Å². The first-order valence-corrected chi connectivity index (χ1v) is 8.16. The number of aromatic nitrogens is 3. The Bertz CT molecular complexity index is 681. The minimum Gasteiger partial charge on any atom is -0.284 e. The molecule has 0 aliphatic carbocycles. The standard InChI is InChI=1S/C19H23N3/c1-3-5-6-10-15-13-16(9-4-2)19-21-20-14-22(19)18-12-8-7-11-17(15)18/h4,7-8,11-14,16H,2-3,5-6,9-10H2,1H3.